The van der Waals surface area contributed by atoms with Gasteiger partial charge in [0.2, 0.25) is 0 Å². The van der Waals surface area contributed by atoms with E-state index < -0.39 is 0 Å². The molecular weight excluding hydrogens is 290 g/mol. The zero-order chi connectivity index (χ0) is 16.0. The van der Waals surface area contributed by atoms with Gasteiger partial charge in [-0.3, -0.25) is 4.90 Å². The standard InChI is InChI=1S/C19H23NO3/c1-21-15-5-4-12-6-8-20-9-7-13-10-16(22-2)17(23-3)11-14(13)18(15)19(12)20/h4-6,10-11,15,18-19H,7-9H2,1-3H3/t15-,18+,19+/m1/s1. The number of methoxy groups -OCH3 is 3. The summed E-state index contributed by atoms with van der Waals surface area (Å²) in [6.45, 7) is 2.09. The predicted molar refractivity (Wildman–Crippen MR) is 89.4 cm³/mol. The van der Waals surface area contributed by atoms with Crippen molar-refractivity contribution in [3.8, 4) is 11.5 Å². The molecule has 4 rings (SSSR count). The Hall–Kier alpha value is -1.78. The lowest BCUT2D eigenvalue weighted by molar-refractivity contribution is 0.0845. The van der Waals surface area contributed by atoms with Crippen LogP contribution in [0.25, 0.3) is 0 Å². The molecule has 2 aliphatic heterocycles. The van der Waals surface area contributed by atoms with Gasteiger partial charge >= 0.3 is 0 Å². The molecule has 0 aromatic heterocycles. The minimum Gasteiger partial charge on any atom is -0.493 e. The third kappa shape index (κ3) is 2.20. The van der Waals surface area contributed by atoms with E-state index in [0.29, 0.717) is 12.0 Å². The van der Waals surface area contributed by atoms with E-state index in [1.807, 2.05) is 0 Å². The summed E-state index contributed by atoms with van der Waals surface area (Å²) in [5.41, 5.74) is 4.10. The summed E-state index contributed by atoms with van der Waals surface area (Å²) in [5.74, 6) is 1.91. The highest BCUT2D eigenvalue weighted by atomic mass is 16.5. The maximum Gasteiger partial charge on any atom is 0.161 e. The molecule has 0 bridgehead atoms. The van der Waals surface area contributed by atoms with E-state index in [2.05, 4.69) is 35.3 Å². The van der Waals surface area contributed by atoms with E-state index in [-0.39, 0.29) is 6.10 Å². The molecule has 4 nitrogen and oxygen atoms in total. The first-order valence-corrected chi connectivity index (χ1v) is 8.16. The number of nitrogens with zero attached hydrogens (tertiary/aromatic N) is 1. The smallest absolute Gasteiger partial charge is 0.161 e. The summed E-state index contributed by atoms with van der Waals surface area (Å²) in [6, 6.07) is 4.71. The molecular formula is C19H23NO3. The molecule has 0 saturated carbocycles. The van der Waals surface area contributed by atoms with Crippen molar-refractivity contribution in [3.63, 3.8) is 0 Å². The number of hydrogen-bond acceptors (Lipinski definition) is 4. The highest BCUT2D eigenvalue weighted by Gasteiger charge is 2.43. The molecule has 1 aliphatic carbocycles. The van der Waals surface area contributed by atoms with Gasteiger partial charge in [0.15, 0.2) is 11.5 Å². The predicted octanol–water partition coefficient (Wildman–Crippen LogP) is 2.54. The van der Waals surface area contributed by atoms with Crippen LogP contribution >= 0.6 is 0 Å². The Morgan fingerprint density at radius 3 is 2.61 bits per heavy atom. The Labute approximate surface area is 137 Å². The fourth-order valence-electron chi connectivity index (χ4n) is 4.30. The second-order valence-corrected chi connectivity index (χ2v) is 6.39. The Kier molecular flexibility index (Phi) is 3.66. The quantitative estimate of drug-likeness (QED) is 0.858. The molecule has 0 unspecified atom stereocenters. The summed E-state index contributed by atoms with van der Waals surface area (Å²) in [7, 11) is 5.19. The third-order valence-corrected chi connectivity index (χ3v) is 5.41. The van der Waals surface area contributed by atoms with Crippen molar-refractivity contribution in [2.24, 2.45) is 0 Å². The average molecular weight is 313 g/mol. The van der Waals surface area contributed by atoms with Gasteiger partial charge in [0.25, 0.3) is 0 Å². The second-order valence-electron chi connectivity index (χ2n) is 6.39. The van der Waals surface area contributed by atoms with Gasteiger partial charge < -0.3 is 14.2 Å². The lowest BCUT2D eigenvalue weighted by Gasteiger charge is -2.37. The van der Waals surface area contributed by atoms with Crippen molar-refractivity contribution in [2.75, 3.05) is 34.4 Å². The molecule has 23 heavy (non-hydrogen) atoms. The van der Waals surface area contributed by atoms with Crippen LogP contribution in [0, 0.1) is 0 Å². The molecule has 0 fully saturated rings. The molecule has 0 N–H and O–H groups in total. The number of rotatable bonds is 3. The maximum absolute atomic E-state index is 5.81. The van der Waals surface area contributed by atoms with Gasteiger partial charge in [0, 0.05) is 32.2 Å². The van der Waals surface area contributed by atoms with Crippen molar-refractivity contribution in [1.29, 1.82) is 0 Å². The van der Waals surface area contributed by atoms with Crippen molar-refractivity contribution in [3.05, 3.63) is 47.1 Å². The van der Waals surface area contributed by atoms with Gasteiger partial charge in [-0.1, -0.05) is 18.2 Å². The van der Waals surface area contributed by atoms with Crippen LogP contribution in [0.15, 0.2) is 35.9 Å². The van der Waals surface area contributed by atoms with E-state index in [0.717, 1.165) is 31.0 Å². The molecule has 4 heteroatoms. The van der Waals surface area contributed by atoms with Crippen molar-refractivity contribution in [2.45, 2.75) is 24.5 Å². The van der Waals surface area contributed by atoms with Gasteiger partial charge in [0.05, 0.1) is 20.3 Å². The van der Waals surface area contributed by atoms with Crippen LogP contribution in [-0.2, 0) is 11.2 Å². The highest BCUT2D eigenvalue weighted by Crippen LogP contribution is 2.45. The topological polar surface area (TPSA) is 30.9 Å². The number of benzene rings is 1. The number of hydrogen-bond donors (Lipinski definition) is 0. The van der Waals surface area contributed by atoms with E-state index in [1.165, 1.54) is 16.7 Å². The molecule has 1 aromatic carbocycles. The summed E-state index contributed by atoms with van der Waals surface area (Å²) in [5, 5.41) is 0. The Morgan fingerprint density at radius 2 is 1.87 bits per heavy atom. The summed E-state index contributed by atoms with van der Waals surface area (Å²) in [6.07, 6.45) is 7.91. The third-order valence-electron chi connectivity index (χ3n) is 5.41. The van der Waals surface area contributed by atoms with Gasteiger partial charge in [-0.2, -0.15) is 0 Å². The largest absolute Gasteiger partial charge is 0.493 e. The molecule has 1 aromatic rings. The van der Waals surface area contributed by atoms with Crippen LogP contribution in [0.4, 0.5) is 0 Å². The van der Waals surface area contributed by atoms with Gasteiger partial charge in [0.1, 0.15) is 0 Å². The number of ether oxygens (including phenoxy) is 3. The van der Waals surface area contributed by atoms with E-state index >= 15 is 0 Å². The molecule has 3 aliphatic rings. The van der Waals surface area contributed by atoms with Crippen molar-refractivity contribution < 1.29 is 14.2 Å². The minimum atomic E-state index is 0.0905. The average Bonchev–Trinajstić information content (AvgIpc) is 2.93. The van der Waals surface area contributed by atoms with E-state index in [9.17, 15) is 0 Å². The summed E-state index contributed by atoms with van der Waals surface area (Å²) >= 11 is 0. The number of fused-ring (bicyclic) bond motifs is 2. The molecule has 122 valence electrons. The van der Waals surface area contributed by atoms with Crippen LogP contribution in [0.3, 0.4) is 0 Å². The molecule has 0 amide bonds. The second kappa shape index (κ2) is 5.69. The fourth-order valence-corrected chi connectivity index (χ4v) is 4.30. The summed E-state index contributed by atoms with van der Waals surface area (Å²) in [4.78, 5) is 2.56. The SMILES string of the molecule is COc1cc2c(cc1OC)[C@H]1[C@H](OC)C=CC3=CCN(CC2)[C@@H]31. The molecule has 0 spiro atoms. The fraction of sp³-hybridized carbons (Fsp3) is 0.474. The first-order chi connectivity index (χ1) is 11.3. The monoisotopic (exact) mass is 313 g/mol. The van der Waals surface area contributed by atoms with E-state index in [4.69, 9.17) is 14.2 Å². The lowest BCUT2D eigenvalue weighted by Crippen LogP contribution is -2.42. The van der Waals surface area contributed by atoms with Crippen LogP contribution < -0.4 is 9.47 Å². The summed E-state index contributed by atoms with van der Waals surface area (Å²) < 4.78 is 16.9. The van der Waals surface area contributed by atoms with Crippen LogP contribution in [0.2, 0.25) is 0 Å². The molecule has 0 radical (unpaired) electrons. The van der Waals surface area contributed by atoms with Crippen LogP contribution in [-0.4, -0.2) is 51.5 Å². The van der Waals surface area contributed by atoms with Crippen LogP contribution in [0.1, 0.15) is 17.0 Å². The zero-order valence-corrected chi connectivity index (χ0v) is 13.9. The molecule has 3 atom stereocenters. The minimum absolute atomic E-state index is 0.0905. The van der Waals surface area contributed by atoms with Gasteiger partial charge in [-0.25, -0.2) is 0 Å². The van der Waals surface area contributed by atoms with Gasteiger partial charge in [-0.05, 0) is 35.3 Å². The van der Waals surface area contributed by atoms with Crippen LogP contribution in [0.5, 0.6) is 11.5 Å². The lowest BCUT2D eigenvalue weighted by atomic mass is 9.78. The highest BCUT2D eigenvalue weighted by molar-refractivity contribution is 5.53. The molecule has 2 heterocycles. The normalized spacial score (nSPS) is 28.7. The maximum atomic E-state index is 5.81. The molecule has 0 saturated heterocycles. The zero-order valence-electron chi connectivity index (χ0n) is 13.9. The van der Waals surface area contributed by atoms with Crippen molar-refractivity contribution in [1.82, 2.24) is 4.90 Å². The first kappa shape index (κ1) is 14.8. The Balaban J connectivity index is 1.88. The van der Waals surface area contributed by atoms with Gasteiger partial charge in [-0.15, -0.1) is 0 Å². The van der Waals surface area contributed by atoms with Crippen molar-refractivity contribution >= 4 is 0 Å². The Morgan fingerprint density at radius 1 is 1.09 bits per heavy atom. The Bertz CT molecular complexity index is 679. The van der Waals surface area contributed by atoms with E-state index in [1.54, 1.807) is 21.3 Å². The first-order valence-electron chi connectivity index (χ1n) is 8.16.